The average Bonchev–Trinajstić information content (AvgIpc) is 3.03. The van der Waals surface area contributed by atoms with Crippen molar-refractivity contribution in [3.05, 3.63) is 48.0 Å². The maximum atomic E-state index is 12.5. The fraction of sp³-hybridized carbons (Fsp3) is 0.133. The van der Waals surface area contributed by atoms with E-state index in [2.05, 4.69) is 25.5 Å². The highest BCUT2D eigenvalue weighted by Crippen LogP contribution is 2.26. The van der Waals surface area contributed by atoms with Crippen molar-refractivity contribution in [2.24, 2.45) is 0 Å². The Morgan fingerprint density at radius 2 is 2.04 bits per heavy atom. The zero-order valence-corrected chi connectivity index (χ0v) is 13.3. The number of nitrogens with one attached hydrogen (secondary N) is 1. The first-order valence-electron chi connectivity index (χ1n) is 6.73. The number of hydrogen-bond donors (Lipinski definition) is 1. The van der Waals surface area contributed by atoms with Crippen LogP contribution in [0.4, 0.5) is 5.13 Å². The minimum absolute atomic E-state index is 0.303. The first kappa shape index (κ1) is 15.0. The van der Waals surface area contributed by atoms with E-state index in [0.717, 1.165) is 28.2 Å². The van der Waals surface area contributed by atoms with Crippen LogP contribution in [0.1, 0.15) is 16.1 Å². The Morgan fingerprint density at radius 1 is 1.26 bits per heavy atom. The summed E-state index contributed by atoms with van der Waals surface area (Å²) in [5.74, 6) is -0.303. The van der Waals surface area contributed by atoms with Crippen LogP contribution in [0.25, 0.3) is 11.1 Å². The Morgan fingerprint density at radius 3 is 2.74 bits per heavy atom. The molecule has 0 fully saturated rings. The normalized spacial score (nSPS) is 10.3. The molecule has 1 amide bonds. The first-order chi connectivity index (χ1) is 11.2. The summed E-state index contributed by atoms with van der Waals surface area (Å²) < 4.78 is 4.97. The molecule has 116 valence electrons. The summed E-state index contributed by atoms with van der Waals surface area (Å²) in [4.78, 5) is 20.8. The van der Waals surface area contributed by atoms with Crippen LogP contribution < -0.4 is 10.1 Å². The number of hydrogen-bond acceptors (Lipinski definition) is 7. The van der Waals surface area contributed by atoms with Crippen LogP contribution in [0.3, 0.4) is 0 Å². The molecule has 0 aliphatic rings. The highest BCUT2D eigenvalue weighted by molar-refractivity contribution is 7.17. The molecule has 0 radical (unpaired) electrons. The Kier molecular flexibility index (Phi) is 4.24. The van der Waals surface area contributed by atoms with E-state index >= 15 is 0 Å². The maximum Gasteiger partial charge on any atom is 0.295 e. The van der Waals surface area contributed by atoms with Gasteiger partial charge >= 0.3 is 0 Å². The summed E-state index contributed by atoms with van der Waals surface area (Å²) in [6.45, 7) is 1.88. The highest BCUT2D eigenvalue weighted by atomic mass is 32.1. The van der Waals surface area contributed by atoms with Crippen LogP contribution in [0, 0.1) is 6.92 Å². The SMILES string of the molecule is COc1nnc(NC(=O)c2cnc(C)cc2-c2ccncc2)s1. The van der Waals surface area contributed by atoms with Crippen molar-refractivity contribution in [3.63, 3.8) is 0 Å². The third-order valence-corrected chi connectivity index (χ3v) is 3.88. The standard InChI is InChI=1S/C15H13N5O2S/c1-9-7-11(10-3-5-16-6-4-10)12(8-17-9)13(21)18-14-19-20-15(22-2)23-14/h3-8H,1-2H3,(H,18,19,21). The van der Waals surface area contributed by atoms with Crippen LogP contribution >= 0.6 is 11.3 Å². The molecule has 0 saturated carbocycles. The fourth-order valence-corrected chi connectivity index (χ4v) is 2.57. The molecule has 23 heavy (non-hydrogen) atoms. The second-order valence-electron chi connectivity index (χ2n) is 4.64. The molecule has 0 aromatic carbocycles. The average molecular weight is 327 g/mol. The van der Waals surface area contributed by atoms with E-state index in [4.69, 9.17) is 4.74 Å². The van der Waals surface area contributed by atoms with Crippen molar-refractivity contribution in [1.82, 2.24) is 20.2 Å². The lowest BCUT2D eigenvalue weighted by atomic mass is 10.0. The van der Waals surface area contributed by atoms with Gasteiger partial charge in [-0.3, -0.25) is 20.1 Å². The van der Waals surface area contributed by atoms with Gasteiger partial charge in [0.15, 0.2) is 0 Å². The zero-order valence-electron chi connectivity index (χ0n) is 12.5. The summed E-state index contributed by atoms with van der Waals surface area (Å²) in [6, 6.07) is 5.56. The van der Waals surface area contributed by atoms with E-state index in [0.29, 0.717) is 15.9 Å². The van der Waals surface area contributed by atoms with Crippen molar-refractivity contribution >= 4 is 22.4 Å². The number of aryl methyl sites for hydroxylation is 1. The van der Waals surface area contributed by atoms with E-state index in [9.17, 15) is 4.79 Å². The predicted molar refractivity (Wildman–Crippen MR) is 86.6 cm³/mol. The lowest BCUT2D eigenvalue weighted by molar-refractivity contribution is 0.102. The predicted octanol–water partition coefficient (Wildman–Crippen LogP) is 2.56. The first-order valence-corrected chi connectivity index (χ1v) is 7.55. The number of methoxy groups -OCH3 is 1. The fourth-order valence-electron chi connectivity index (χ4n) is 2.02. The molecular weight excluding hydrogens is 314 g/mol. The Bertz CT molecular complexity index is 835. The zero-order chi connectivity index (χ0) is 16.2. The van der Waals surface area contributed by atoms with E-state index in [1.54, 1.807) is 18.6 Å². The van der Waals surface area contributed by atoms with Gasteiger partial charge in [-0.2, -0.15) is 0 Å². The molecule has 3 heterocycles. The van der Waals surface area contributed by atoms with Gasteiger partial charge in [-0.1, -0.05) is 5.10 Å². The van der Waals surface area contributed by atoms with Crippen molar-refractivity contribution in [2.45, 2.75) is 6.92 Å². The number of carbonyl (C=O) groups excluding carboxylic acids is 1. The minimum Gasteiger partial charge on any atom is -0.472 e. The van der Waals surface area contributed by atoms with Gasteiger partial charge < -0.3 is 4.74 Å². The molecule has 0 unspecified atom stereocenters. The molecule has 8 heteroatoms. The molecule has 0 aliphatic heterocycles. The van der Waals surface area contributed by atoms with Crippen molar-refractivity contribution < 1.29 is 9.53 Å². The van der Waals surface area contributed by atoms with Crippen LogP contribution in [-0.2, 0) is 0 Å². The summed E-state index contributed by atoms with van der Waals surface area (Å²) in [5.41, 5.74) is 2.96. The summed E-state index contributed by atoms with van der Waals surface area (Å²) in [7, 11) is 1.50. The Hall–Kier alpha value is -2.87. The molecular formula is C15H13N5O2S. The molecule has 0 spiro atoms. The second kappa shape index (κ2) is 6.49. The lowest BCUT2D eigenvalue weighted by Crippen LogP contribution is -2.13. The van der Waals surface area contributed by atoms with Gasteiger partial charge in [0.1, 0.15) is 0 Å². The van der Waals surface area contributed by atoms with E-state index in [-0.39, 0.29) is 5.91 Å². The quantitative estimate of drug-likeness (QED) is 0.792. The summed E-state index contributed by atoms with van der Waals surface area (Å²) >= 11 is 1.15. The number of nitrogens with zero attached hydrogens (tertiary/aromatic N) is 4. The van der Waals surface area contributed by atoms with Gasteiger partial charge in [0.05, 0.1) is 12.7 Å². The molecule has 7 nitrogen and oxygen atoms in total. The van der Waals surface area contributed by atoms with Crippen LogP contribution in [0.15, 0.2) is 36.8 Å². The molecule has 0 atom stereocenters. The van der Waals surface area contributed by atoms with Crippen LogP contribution in [0.5, 0.6) is 5.19 Å². The maximum absolute atomic E-state index is 12.5. The largest absolute Gasteiger partial charge is 0.472 e. The minimum atomic E-state index is -0.303. The van der Waals surface area contributed by atoms with Crippen LogP contribution in [0.2, 0.25) is 0 Å². The van der Waals surface area contributed by atoms with Crippen molar-refractivity contribution in [1.29, 1.82) is 0 Å². The number of pyridine rings is 2. The molecule has 3 rings (SSSR count). The number of ether oxygens (including phenoxy) is 1. The third kappa shape index (κ3) is 3.32. The van der Waals surface area contributed by atoms with Crippen LogP contribution in [-0.4, -0.2) is 33.2 Å². The number of anilines is 1. The van der Waals surface area contributed by atoms with Gasteiger partial charge in [0, 0.05) is 24.3 Å². The highest BCUT2D eigenvalue weighted by Gasteiger charge is 2.16. The Labute approximate surface area is 136 Å². The lowest BCUT2D eigenvalue weighted by Gasteiger charge is -2.09. The molecule has 0 bridgehead atoms. The third-order valence-electron chi connectivity index (χ3n) is 3.08. The summed E-state index contributed by atoms with van der Waals surface area (Å²) in [6.07, 6.45) is 4.92. The summed E-state index contributed by atoms with van der Waals surface area (Å²) in [5, 5.41) is 11.1. The van der Waals surface area contributed by atoms with E-state index in [1.165, 1.54) is 7.11 Å². The van der Waals surface area contributed by atoms with Gasteiger partial charge in [0.2, 0.25) is 5.13 Å². The van der Waals surface area contributed by atoms with E-state index in [1.807, 2.05) is 25.1 Å². The van der Waals surface area contributed by atoms with Gasteiger partial charge in [-0.15, -0.1) is 5.10 Å². The smallest absolute Gasteiger partial charge is 0.295 e. The number of rotatable bonds is 4. The number of carbonyl (C=O) groups is 1. The number of aromatic nitrogens is 4. The van der Waals surface area contributed by atoms with Gasteiger partial charge in [-0.05, 0) is 47.6 Å². The molecule has 0 saturated heterocycles. The second-order valence-corrected chi connectivity index (χ2v) is 5.58. The number of amides is 1. The topological polar surface area (TPSA) is 89.9 Å². The molecule has 3 aromatic rings. The van der Waals surface area contributed by atoms with Crippen molar-refractivity contribution in [2.75, 3.05) is 12.4 Å². The monoisotopic (exact) mass is 327 g/mol. The van der Waals surface area contributed by atoms with E-state index < -0.39 is 0 Å². The van der Waals surface area contributed by atoms with Crippen molar-refractivity contribution in [3.8, 4) is 16.3 Å². The molecule has 0 aliphatic carbocycles. The van der Waals surface area contributed by atoms with Gasteiger partial charge in [0.25, 0.3) is 11.1 Å². The van der Waals surface area contributed by atoms with Gasteiger partial charge in [-0.25, -0.2) is 0 Å². The molecule has 1 N–H and O–H groups in total. The molecule has 3 aromatic heterocycles. The Balaban J connectivity index is 1.94.